The molecule has 164 valence electrons. The van der Waals surface area contributed by atoms with Crippen molar-refractivity contribution in [3.8, 4) is 5.75 Å². The number of hydrogen-bond donors (Lipinski definition) is 2. The van der Waals surface area contributed by atoms with E-state index < -0.39 is 17.0 Å². The number of aryl methyl sites for hydroxylation is 2. The van der Waals surface area contributed by atoms with E-state index in [2.05, 4.69) is 6.07 Å². The van der Waals surface area contributed by atoms with Crippen LogP contribution in [0.5, 0.6) is 5.75 Å². The molecule has 29 heavy (non-hydrogen) atoms. The minimum atomic E-state index is -0.728. The molecule has 0 spiro atoms. The van der Waals surface area contributed by atoms with Gasteiger partial charge in [-0.2, -0.15) is 0 Å². The second-order valence-electron chi connectivity index (χ2n) is 9.25. The van der Waals surface area contributed by atoms with Crippen LogP contribution in [0.3, 0.4) is 0 Å². The number of aromatic hydroxyl groups is 1. The van der Waals surface area contributed by atoms with Crippen molar-refractivity contribution in [2.45, 2.75) is 97.5 Å². The van der Waals surface area contributed by atoms with Crippen molar-refractivity contribution in [1.29, 1.82) is 0 Å². The van der Waals surface area contributed by atoms with Crippen molar-refractivity contribution in [1.82, 2.24) is 0 Å². The van der Waals surface area contributed by atoms with Crippen molar-refractivity contribution in [2.75, 3.05) is 0 Å². The maximum atomic E-state index is 11.1. The van der Waals surface area contributed by atoms with Crippen LogP contribution in [-0.2, 0) is 27.2 Å². The minimum absolute atomic E-state index is 0.341. The maximum absolute atomic E-state index is 11.1. The van der Waals surface area contributed by atoms with E-state index in [1.54, 1.807) is 19.9 Å². The van der Waals surface area contributed by atoms with E-state index in [-0.39, 0.29) is 0 Å². The third-order valence-electron chi connectivity index (χ3n) is 5.58. The van der Waals surface area contributed by atoms with Crippen LogP contribution < -0.4 is 0 Å². The molecule has 0 amide bonds. The Bertz CT molecular complexity index is 649. The normalized spacial score (nSPS) is 12.0. The van der Waals surface area contributed by atoms with Crippen molar-refractivity contribution in [2.24, 2.45) is 5.41 Å². The molecule has 0 radical (unpaired) electrons. The molecular formula is C24H38O5. The van der Waals surface area contributed by atoms with Gasteiger partial charge < -0.3 is 14.9 Å². The number of rotatable bonds is 15. The van der Waals surface area contributed by atoms with Gasteiger partial charge in [0.2, 0.25) is 0 Å². The summed E-state index contributed by atoms with van der Waals surface area (Å²) in [6, 6.07) is 5.85. The number of hydrogen-bond acceptors (Lipinski definition) is 4. The molecule has 1 aromatic carbocycles. The summed E-state index contributed by atoms with van der Waals surface area (Å²) in [6.07, 6.45) is 9.26. The van der Waals surface area contributed by atoms with Crippen LogP contribution in [0, 0.1) is 5.41 Å². The molecule has 5 heteroatoms. The average Bonchev–Trinajstić information content (AvgIpc) is 2.63. The number of ether oxygens (including phenoxy) is 1. The van der Waals surface area contributed by atoms with Gasteiger partial charge in [-0.1, -0.05) is 31.4 Å². The van der Waals surface area contributed by atoms with Gasteiger partial charge in [0.25, 0.3) is 6.47 Å². The molecule has 0 bridgehead atoms. The van der Waals surface area contributed by atoms with Crippen molar-refractivity contribution in [3.05, 3.63) is 29.3 Å². The predicted molar refractivity (Wildman–Crippen MR) is 115 cm³/mol. The zero-order chi connectivity index (χ0) is 21.9. The lowest BCUT2D eigenvalue weighted by atomic mass is 9.87. The summed E-state index contributed by atoms with van der Waals surface area (Å²) in [7, 11) is 0. The van der Waals surface area contributed by atoms with E-state index in [4.69, 9.17) is 9.84 Å². The van der Waals surface area contributed by atoms with Gasteiger partial charge in [-0.3, -0.25) is 9.59 Å². The second-order valence-corrected chi connectivity index (χ2v) is 9.25. The molecule has 0 saturated carbocycles. The van der Waals surface area contributed by atoms with Crippen LogP contribution in [0.25, 0.3) is 0 Å². The monoisotopic (exact) mass is 406 g/mol. The Labute approximate surface area is 175 Å². The first-order valence-electron chi connectivity index (χ1n) is 10.7. The third-order valence-corrected chi connectivity index (χ3v) is 5.58. The largest absolute Gasteiger partial charge is 0.508 e. The highest BCUT2D eigenvalue weighted by Gasteiger charge is 2.25. The van der Waals surface area contributed by atoms with Crippen LogP contribution in [0.2, 0.25) is 0 Å². The zero-order valence-electron chi connectivity index (χ0n) is 18.5. The molecule has 5 nitrogen and oxygen atoms in total. The third kappa shape index (κ3) is 9.82. The van der Waals surface area contributed by atoms with Gasteiger partial charge in [-0.25, -0.2) is 0 Å². The maximum Gasteiger partial charge on any atom is 0.309 e. The molecule has 0 saturated heterocycles. The van der Waals surface area contributed by atoms with E-state index in [1.165, 1.54) is 5.56 Å². The highest BCUT2D eigenvalue weighted by Crippen LogP contribution is 2.26. The standard InChI is InChI=1S/C24H38O5/c1-23(2,22(27)28)15-9-6-5-7-11-19-13-14-21(26)20(17-19)12-8-10-16-24(3,4)29-18-25/h13-14,17-18,26H,5-12,15-16H2,1-4H3,(H,27,28). The van der Waals surface area contributed by atoms with Crippen molar-refractivity contribution in [3.63, 3.8) is 0 Å². The molecule has 0 aliphatic heterocycles. The topological polar surface area (TPSA) is 83.8 Å². The van der Waals surface area contributed by atoms with Gasteiger partial charge in [0.15, 0.2) is 0 Å². The second kappa shape index (κ2) is 11.8. The van der Waals surface area contributed by atoms with Gasteiger partial charge in [0, 0.05) is 0 Å². The molecule has 0 unspecified atom stereocenters. The highest BCUT2D eigenvalue weighted by molar-refractivity contribution is 5.73. The van der Waals surface area contributed by atoms with Crippen LogP contribution in [0.1, 0.15) is 90.2 Å². The summed E-state index contributed by atoms with van der Waals surface area (Å²) >= 11 is 0. The van der Waals surface area contributed by atoms with E-state index in [0.717, 1.165) is 63.4 Å². The van der Waals surface area contributed by atoms with Gasteiger partial charge in [0.05, 0.1) is 5.41 Å². The smallest absolute Gasteiger partial charge is 0.309 e. The van der Waals surface area contributed by atoms with E-state index in [1.807, 2.05) is 19.9 Å². The van der Waals surface area contributed by atoms with Gasteiger partial charge in [-0.05, 0) is 89.8 Å². The molecule has 0 fully saturated rings. The lowest BCUT2D eigenvalue weighted by molar-refractivity contribution is -0.147. The SMILES string of the molecule is CC(C)(CCCCc1cc(CCCCCCC(C)(C)C(=O)O)ccc1O)OC=O. The average molecular weight is 407 g/mol. The van der Waals surface area contributed by atoms with Gasteiger partial charge in [0.1, 0.15) is 11.4 Å². The van der Waals surface area contributed by atoms with E-state index in [9.17, 15) is 14.7 Å². The van der Waals surface area contributed by atoms with Crippen molar-refractivity contribution < 1.29 is 24.5 Å². The fraction of sp³-hybridized carbons (Fsp3) is 0.667. The molecule has 1 rings (SSSR count). The van der Waals surface area contributed by atoms with Gasteiger partial charge >= 0.3 is 5.97 Å². The van der Waals surface area contributed by atoms with Crippen molar-refractivity contribution >= 4 is 12.4 Å². The minimum Gasteiger partial charge on any atom is -0.508 e. The molecule has 0 heterocycles. The van der Waals surface area contributed by atoms with Crippen LogP contribution in [-0.4, -0.2) is 28.3 Å². The number of carbonyl (C=O) groups excluding carboxylic acids is 1. The fourth-order valence-corrected chi connectivity index (χ4v) is 3.41. The lowest BCUT2D eigenvalue weighted by Crippen LogP contribution is -2.23. The Kier molecular flexibility index (Phi) is 10.2. The first-order valence-corrected chi connectivity index (χ1v) is 10.7. The Morgan fingerprint density at radius 1 is 0.966 bits per heavy atom. The lowest BCUT2D eigenvalue weighted by Gasteiger charge is -2.22. The number of aliphatic carboxylic acids is 1. The Morgan fingerprint density at radius 3 is 2.24 bits per heavy atom. The molecule has 0 aromatic heterocycles. The summed E-state index contributed by atoms with van der Waals surface area (Å²) in [6.45, 7) is 7.87. The number of phenolic OH excluding ortho intramolecular Hbond substituents is 1. The zero-order valence-corrected chi connectivity index (χ0v) is 18.5. The van der Waals surface area contributed by atoms with E-state index >= 15 is 0 Å². The molecule has 1 aromatic rings. The predicted octanol–water partition coefficient (Wildman–Crippen LogP) is 5.66. The Morgan fingerprint density at radius 2 is 1.59 bits per heavy atom. The van der Waals surface area contributed by atoms with Gasteiger partial charge in [-0.15, -0.1) is 0 Å². The van der Waals surface area contributed by atoms with Crippen LogP contribution >= 0.6 is 0 Å². The molecule has 0 aliphatic carbocycles. The fourth-order valence-electron chi connectivity index (χ4n) is 3.41. The summed E-state index contributed by atoms with van der Waals surface area (Å²) in [4.78, 5) is 21.6. The number of carboxylic acid groups (broad SMARTS) is 1. The number of benzene rings is 1. The summed E-state index contributed by atoms with van der Waals surface area (Å²) in [5.41, 5.74) is 1.12. The Balaban J connectivity index is 2.34. The number of carbonyl (C=O) groups is 2. The summed E-state index contributed by atoms with van der Waals surface area (Å²) in [5, 5.41) is 19.3. The first-order chi connectivity index (χ1) is 13.6. The number of unbranched alkanes of at least 4 members (excludes halogenated alkanes) is 4. The quantitative estimate of drug-likeness (QED) is 0.290. The van der Waals surface area contributed by atoms with Crippen LogP contribution in [0.15, 0.2) is 18.2 Å². The molecule has 0 atom stereocenters. The highest BCUT2D eigenvalue weighted by atomic mass is 16.5. The number of carboxylic acids is 1. The number of phenols is 1. The summed E-state index contributed by atoms with van der Waals surface area (Å²) in [5.74, 6) is -0.387. The first kappa shape index (κ1) is 25.0. The van der Waals surface area contributed by atoms with E-state index in [0.29, 0.717) is 18.6 Å². The molecule has 0 aliphatic rings. The van der Waals surface area contributed by atoms with Crippen LogP contribution in [0.4, 0.5) is 0 Å². The Hall–Kier alpha value is -2.04. The molecule has 2 N–H and O–H groups in total. The molecular weight excluding hydrogens is 368 g/mol. The summed E-state index contributed by atoms with van der Waals surface area (Å²) < 4.78 is 5.07.